The molecule has 0 amide bonds. The summed E-state index contributed by atoms with van der Waals surface area (Å²) in [7, 11) is 0. The van der Waals surface area contributed by atoms with Crippen molar-refractivity contribution in [2.75, 3.05) is 13.2 Å². The molecule has 426 valence electrons. The van der Waals surface area contributed by atoms with Gasteiger partial charge < -0.3 is 14.2 Å². The Morgan fingerprint density at radius 3 is 0.851 bits per heavy atom. The van der Waals surface area contributed by atoms with Crippen LogP contribution in [0.3, 0.4) is 0 Å². The molecule has 0 spiro atoms. The van der Waals surface area contributed by atoms with Gasteiger partial charge in [-0.05, 0) is 96.3 Å². The van der Waals surface area contributed by atoms with Gasteiger partial charge in [-0.3, -0.25) is 14.4 Å². The van der Waals surface area contributed by atoms with Crippen LogP contribution in [0.5, 0.6) is 0 Å². The Labute approximate surface area is 458 Å². The molecular formula is C68H118O6. The van der Waals surface area contributed by atoms with Crippen molar-refractivity contribution >= 4 is 17.9 Å². The molecule has 0 aliphatic carbocycles. The second-order valence-corrected chi connectivity index (χ2v) is 20.9. The van der Waals surface area contributed by atoms with Gasteiger partial charge in [-0.2, -0.15) is 0 Å². The topological polar surface area (TPSA) is 78.9 Å². The van der Waals surface area contributed by atoms with Crippen LogP contribution >= 0.6 is 0 Å². The minimum atomic E-state index is -0.790. The molecule has 6 heteroatoms. The van der Waals surface area contributed by atoms with Crippen LogP contribution in [0.4, 0.5) is 0 Å². The van der Waals surface area contributed by atoms with E-state index in [1.54, 1.807) is 0 Å². The van der Waals surface area contributed by atoms with Gasteiger partial charge in [-0.25, -0.2) is 0 Å². The number of hydrogen-bond acceptors (Lipinski definition) is 6. The average molecular weight is 1030 g/mol. The number of ether oxygens (including phenoxy) is 3. The summed E-state index contributed by atoms with van der Waals surface area (Å²) in [5.74, 6) is -0.907. The van der Waals surface area contributed by atoms with Crippen molar-refractivity contribution in [2.45, 2.75) is 316 Å². The van der Waals surface area contributed by atoms with E-state index in [4.69, 9.17) is 14.2 Å². The fourth-order valence-corrected chi connectivity index (χ4v) is 8.91. The zero-order valence-corrected chi connectivity index (χ0v) is 48.8. The van der Waals surface area contributed by atoms with Gasteiger partial charge >= 0.3 is 17.9 Å². The highest BCUT2D eigenvalue weighted by Gasteiger charge is 2.19. The Kier molecular flexibility index (Phi) is 59.3. The first-order valence-corrected chi connectivity index (χ1v) is 31.6. The van der Waals surface area contributed by atoms with Crippen LogP contribution < -0.4 is 0 Å². The highest BCUT2D eigenvalue weighted by atomic mass is 16.6. The molecule has 6 nitrogen and oxygen atoms in total. The molecule has 0 bridgehead atoms. The lowest BCUT2D eigenvalue weighted by Gasteiger charge is -2.18. The molecule has 0 saturated carbocycles. The lowest BCUT2D eigenvalue weighted by Crippen LogP contribution is -2.30. The number of allylic oxidation sites excluding steroid dienone is 14. The maximum atomic E-state index is 12.9. The van der Waals surface area contributed by atoms with Crippen molar-refractivity contribution in [2.24, 2.45) is 0 Å². The Morgan fingerprint density at radius 1 is 0.284 bits per heavy atom. The largest absolute Gasteiger partial charge is 0.462 e. The molecular weight excluding hydrogens is 913 g/mol. The number of carbonyl (C=O) groups excluding carboxylic acids is 3. The van der Waals surface area contributed by atoms with E-state index >= 15 is 0 Å². The van der Waals surface area contributed by atoms with Crippen molar-refractivity contribution < 1.29 is 28.6 Å². The Morgan fingerprint density at radius 2 is 0.527 bits per heavy atom. The second-order valence-electron chi connectivity index (χ2n) is 20.9. The van der Waals surface area contributed by atoms with Crippen LogP contribution in [-0.4, -0.2) is 37.2 Å². The normalized spacial score (nSPS) is 12.6. The SMILES string of the molecule is CC/C=C\C/C=C\C/C=C\C/C=C\C/C=C\C/C=C\CCCCCCC(=O)OCC(COC(=O)CCCCCCC/C=C\CCCCCC)OC(=O)CCCCCCCCCCCCCCCCCCCCCC. The summed E-state index contributed by atoms with van der Waals surface area (Å²) in [6.45, 7) is 6.52. The average Bonchev–Trinajstić information content (AvgIpc) is 3.40. The van der Waals surface area contributed by atoms with Crippen LogP contribution in [-0.2, 0) is 28.6 Å². The number of rotatable bonds is 57. The highest BCUT2D eigenvalue weighted by molar-refractivity contribution is 5.71. The first kappa shape index (κ1) is 70.6. The summed E-state index contributed by atoms with van der Waals surface area (Å²) >= 11 is 0. The summed E-state index contributed by atoms with van der Waals surface area (Å²) in [5.41, 5.74) is 0. The highest BCUT2D eigenvalue weighted by Crippen LogP contribution is 2.17. The molecule has 1 unspecified atom stereocenters. The summed E-state index contributed by atoms with van der Waals surface area (Å²) in [4.78, 5) is 38.3. The molecule has 0 heterocycles. The second kappa shape index (κ2) is 62.1. The third kappa shape index (κ3) is 59.5. The van der Waals surface area contributed by atoms with Crippen molar-refractivity contribution in [1.29, 1.82) is 0 Å². The fraction of sp³-hybridized carbons (Fsp3) is 0.750. The summed E-state index contributed by atoms with van der Waals surface area (Å²) in [6.07, 6.45) is 81.6. The maximum absolute atomic E-state index is 12.9. The monoisotopic (exact) mass is 1030 g/mol. The molecule has 0 fully saturated rings. The number of esters is 3. The smallest absolute Gasteiger partial charge is 0.306 e. The van der Waals surface area contributed by atoms with E-state index in [1.807, 2.05) is 0 Å². The molecule has 74 heavy (non-hydrogen) atoms. The third-order valence-electron chi connectivity index (χ3n) is 13.6. The standard InChI is InChI=1S/C68H118O6/c1-4-7-10-13-16-19-22-25-27-29-31-33-34-35-37-38-40-43-46-49-52-55-58-61-67(70)73-64-65(63-72-66(69)60-57-54-51-48-45-42-24-21-18-15-12-9-6-3)74-68(71)62-59-56-53-50-47-44-41-39-36-32-30-28-26-23-20-17-14-11-8-5-2/h7,10,16,19,21,24-25,27,31,33,35,37,40,43,65H,4-6,8-9,11-15,17-18,20,22-23,26,28-30,32,34,36,38-39,41-42,44-64H2,1-3H3/b10-7-,19-16-,24-21-,27-25-,33-31-,37-35-,43-40-. The van der Waals surface area contributed by atoms with Gasteiger partial charge in [0.25, 0.3) is 0 Å². The molecule has 0 aromatic carbocycles. The predicted octanol–water partition coefficient (Wildman–Crippen LogP) is 21.5. The van der Waals surface area contributed by atoms with E-state index in [-0.39, 0.29) is 31.1 Å². The van der Waals surface area contributed by atoms with E-state index in [0.717, 1.165) is 116 Å². The number of unbranched alkanes of at least 4 members (excludes halogenated alkanes) is 32. The molecule has 1 atom stereocenters. The van der Waals surface area contributed by atoms with Crippen LogP contribution in [0.2, 0.25) is 0 Å². The van der Waals surface area contributed by atoms with Crippen molar-refractivity contribution in [3.63, 3.8) is 0 Å². The summed E-state index contributed by atoms with van der Waals surface area (Å²) < 4.78 is 16.9. The first-order valence-electron chi connectivity index (χ1n) is 31.6. The Hall–Kier alpha value is -3.41. The van der Waals surface area contributed by atoms with Crippen molar-refractivity contribution in [3.05, 3.63) is 85.1 Å². The van der Waals surface area contributed by atoms with Crippen LogP contribution in [0, 0.1) is 0 Å². The zero-order valence-electron chi connectivity index (χ0n) is 48.8. The summed E-state index contributed by atoms with van der Waals surface area (Å²) in [5, 5.41) is 0. The van der Waals surface area contributed by atoms with Gasteiger partial charge in [0.15, 0.2) is 6.10 Å². The summed E-state index contributed by atoms with van der Waals surface area (Å²) in [6, 6.07) is 0. The third-order valence-corrected chi connectivity index (χ3v) is 13.6. The number of hydrogen-bond donors (Lipinski definition) is 0. The molecule has 0 rings (SSSR count). The van der Waals surface area contributed by atoms with Crippen LogP contribution in [0.1, 0.15) is 310 Å². The molecule has 0 aromatic rings. The minimum Gasteiger partial charge on any atom is -0.462 e. The van der Waals surface area contributed by atoms with Gasteiger partial charge in [0.05, 0.1) is 0 Å². The van der Waals surface area contributed by atoms with Gasteiger partial charge in [0.2, 0.25) is 0 Å². The van der Waals surface area contributed by atoms with E-state index < -0.39 is 6.10 Å². The van der Waals surface area contributed by atoms with Gasteiger partial charge in [-0.1, -0.05) is 279 Å². The first-order chi connectivity index (χ1) is 36.5. The van der Waals surface area contributed by atoms with Gasteiger partial charge in [0, 0.05) is 19.3 Å². The quantitative estimate of drug-likeness (QED) is 0.0261. The van der Waals surface area contributed by atoms with Crippen LogP contribution in [0.15, 0.2) is 85.1 Å². The molecule has 0 saturated heterocycles. The van der Waals surface area contributed by atoms with Gasteiger partial charge in [0.1, 0.15) is 13.2 Å². The molecule has 0 N–H and O–H groups in total. The fourth-order valence-electron chi connectivity index (χ4n) is 8.91. The maximum Gasteiger partial charge on any atom is 0.306 e. The minimum absolute atomic E-state index is 0.0868. The zero-order chi connectivity index (χ0) is 53.6. The molecule has 0 radical (unpaired) electrons. The Balaban J connectivity index is 4.38. The van der Waals surface area contributed by atoms with Crippen molar-refractivity contribution in [1.82, 2.24) is 0 Å². The van der Waals surface area contributed by atoms with E-state index in [1.165, 1.54) is 154 Å². The molecule has 0 aliphatic rings. The predicted molar refractivity (Wildman–Crippen MR) is 321 cm³/mol. The van der Waals surface area contributed by atoms with Crippen molar-refractivity contribution in [3.8, 4) is 0 Å². The lowest BCUT2D eigenvalue weighted by atomic mass is 10.0. The lowest BCUT2D eigenvalue weighted by molar-refractivity contribution is -0.167. The van der Waals surface area contributed by atoms with Gasteiger partial charge in [-0.15, -0.1) is 0 Å². The Bertz CT molecular complexity index is 1420. The van der Waals surface area contributed by atoms with E-state index in [9.17, 15) is 14.4 Å². The van der Waals surface area contributed by atoms with Crippen LogP contribution in [0.25, 0.3) is 0 Å². The van der Waals surface area contributed by atoms with E-state index in [0.29, 0.717) is 19.3 Å². The molecule has 0 aliphatic heterocycles. The number of carbonyl (C=O) groups is 3. The molecule has 0 aromatic heterocycles. The van der Waals surface area contributed by atoms with E-state index in [2.05, 4.69) is 106 Å².